The van der Waals surface area contributed by atoms with Gasteiger partial charge in [-0.05, 0) is 105 Å². The topological polar surface area (TPSA) is 52.6 Å². The van der Waals surface area contributed by atoms with Crippen LogP contribution in [0.3, 0.4) is 0 Å². The van der Waals surface area contributed by atoms with E-state index < -0.39 is 0 Å². The van der Waals surface area contributed by atoms with E-state index in [1.807, 2.05) is 60.7 Å². The van der Waals surface area contributed by atoms with Crippen LogP contribution in [0.15, 0.2) is 72.8 Å². The van der Waals surface area contributed by atoms with Crippen molar-refractivity contribution in [2.45, 2.75) is 77.4 Å². The van der Waals surface area contributed by atoms with Gasteiger partial charge in [0.1, 0.15) is 12.2 Å². The Morgan fingerprint density at radius 3 is 2.00 bits per heavy atom. The average molecular weight is 513 g/mol. The first kappa shape index (κ1) is 25.4. The Morgan fingerprint density at radius 1 is 0.763 bits per heavy atom. The van der Waals surface area contributed by atoms with Crippen LogP contribution < -0.4 is 0 Å². The minimum atomic E-state index is -0.206. The molecule has 4 fully saturated rings. The summed E-state index contributed by atoms with van der Waals surface area (Å²) < 4.78 is 12.2. The van der Waals surface area contributed by atoms with Crippen LogP contribution in [0.5, 0.6) is 0 Å². The van der Waals surface area contributed by atoms with Gasteiger partial charge in [0.15, 0.2) is 0 Å². The highest BCUT2D eigenvalue weighted by atomic mass is 16.5. The van der Waals surface area contributed by atoms with Crippen LogP contribution in [0.4, 0.5) is 0 Å². The summed E-state index contributed by atoms with van der Waals surface area (Å²) in [4.78, 5) is 25.7. The fourth-order valence-electron chi connectivity index (χ4n) is 8.90. The zero-order valence-electron chi connectivity index (χ0n) is 22.7. The summed E-state index contributed by atoms with van der Waals surface area (Å²) in [6, 6.07) is 18.7. The summed E-state index contributed by atoms with van der Waals surface area (Å²) in [7, 11) is 0. The molecule has 0 spiro atoms. The molecule has 38 heavy (non-hydrogen) atoms. The fraction of sp³-hybridized carbons (Fsp3) is 0.529. The maximum atomic E-state index is 12.9. The molecule has 6 rings (SSSR count). The second kappa shape index (κ2) is 9.70. The van der Waals surface area contributed by atoms with E-state index in [-0.39, 0.29) is 35.0 Å². The molecule has 0 aliphatic heterocycles. The highest BCUT2D eigenvalue weighted by Gasteiger charge is 2.62. The first-order chi connectivity index (χ1) is 18.3. The summed E-state index contributed by atoms with van der Waals surface area (Å²) in [6.07, 6.45) is 8.18. The molecule has 0 saturated heterocycles. The molecule has 4 heteroatoms. The zero-order valence-corrected chi connectivity index (χ0v) is 22.7. The SMILES string of the molecule is C=C1C[C@H]2C[C@@H](OC(=O)c3ccccc3)CC[C@]2(C)[C@H]2CC[C@]3(C)[C@@H](OC(=O)c4ccccc4)CC[C@H]3[C@H]12. The van der Waals surface area contributed by atoms with E-state index in [1.54, 1.807) is 0 Å². The van der Waals surface area contributed by atoms with Crippen molar-refractivity contribution >= 4 is 11.9 Å². The normalized spacial score (nSPS) is 37.9. The largest absolute Gasteiger partial charge is 0.459 e. The lowest BCUT2D eigenvalue weighted by atomic mass is 9.44. The van der Waals surface area contributed by atoms with Crippen molar-refractivity contribution in [1.29, 1.82) is 0 Å². The molecule has 0 amide bonds. The number of fused-ring (bicyclic) bond motifs is 5. The molecule has 8 atom stereocenters. The monoisotopic (exact) mass is 512 g/mol. The Balaban J connectivity index is 1.15. The standard InChI is InChI=1S/C34H40O4/c1-22-20-25-21-26(37-31(35)23-10-6-4-7-11-23)16-18-33(25,2)28-17-19-34(3)27(30(22)28)14-15-29(34)38-32(36)24-12-8-5-9-13-24/h4-13,25-30H,1,14-21H2,2-3H3/t25-,26-,27-,28-,29-,30-,33-,34-/m0/s1. The van der Waals surface area contributed by atoms with E-state index in [0.29, 0.717) is 34.8 Å². The lowest BCUT2D eigenvalue weighted by molar-refractivity contribution is -0.116. The summed E-state index contributed by atoms with van der Waals surface area (Å²) in [5, 5.41) is 0. The summed E-state index contributed by atoms with van der Waals surface area (Å²) in [5.41, 5.74) is 2.88. The number of benzene rings is 2. The Labute approximate surface area is 226 Å². The molecule has 0 heterocycles. The number of rotatable bonds is 4. The molecule has 2 aromatic carbocycles. The number of allylic oxidation sites excluding steroid dienone is 1. The smallest absolute Gasteiger partial charge is 0.338 e. The van der Waals surface area contributed by atoms with E-state index >= 15 is 0 Å². The molecule has 0 bridgehead atoms. The van der Waals surface area contributed by atoms with Gasteiger partial charge < -0.3 is 9.47 Å². The first-order valence-corrected chi connectivity index (χ1v) is 14.5. The molecular formula is C34H40O4. The molecule has 2 aromatic rings. The van der Waals surface area contributed by atoms with Crippen molar-refractivity contribution in [3.05, 3.63) is 83.9 Å². The van der Waals surface area contributed by atoms with Gasteiger partial charge in [0.2, 0.25) is 0 Å². The van der Waals surface area contributed by atoms with Gasteiger partial charge in [-0.15, -0.1) is 0 Å². The Morgan fingerprint density at radius 2 is 1.34 bits per heavy atom. The number of hydrogen-bond acceptors (Lipinski definition) is 4. The zero-order chi connectivity index (χ0) is 26.5. The third-order valence-electron chi connectivity index (χ3n) is 11.0. The van der Waals surface area contributed by atoms with Crippen molar-refractivity contribution in [2.75, 3.05) is 0 Å². The van der Waals surface area contributed by atoms with Gasteiger partial charge in [-0.1, -0.05) is 62.4 Å². The Bertz CT molecular complexity index is 1210. The number of carbonyl (C=O) groups excluding carboxylic acids is 2. The molecule has 4 aliphatic rings. The van der Waals surface area contributed by atoms with Crippen LogP contribution in [-0.2, 0) is 9.47 Å². The van der Waals surface area contributed by atoms with Crippen LogP contribution in [0, 0.1) is 34.5 Å². The van der Waals surface area contributed by atoms with E-state index in [4.69, 9.17) is 9.47 Å². The van der Waals surface area contributed by atoms with Crippen LogP contribution in [0.2, 0.25) is 0 Å². The van der Waals surface area contributed by atoms with Crippen LogP contribution in [0.1, 0.15) is 85.9 Å². The minimum Gasteiger partial charge on any atom is -0.459 e. The molecule has 0 N–H and O–H groups in total. The Kier molecular flexibility index (Phi) is 6.48. The molecule has 4 saturated carbocycles. The van der Waals surface area contributed by atoms with Crippen molar-refractivity contribution in [3.8, 4) is 0 Å². The van der Waals surface area contributed by atoms with Gasteiger partial charge in [-0.2, -0.15) is 0 Å². The highest BCUT2D eigenvalue weighted by molar-refractivity contribution is 5.89. The molecule has 4 aliphatic carbocycles. The van der Waals surface area contributed by atoms with Gasteiger partial charge >= 0.3 is 11.9 Å². The number of ether oxygens (including phenoxy) is 2. The van der Waals surface area contributed by atoms with E-state index in [9.17, 15) is 9.59 Å². The summed E-state index contributed by atoms with van der Waals surface area (Å²) in [5.74, 6) is 1.68. The lowest BCUT2D eigenvalue weighted by Crippen LogP contribution is -2.55. The molecule has 0 unspecified atom stereocenters. The second-order valence-corrected chi connectivity index (χ2v) is 12.9. The molecule has 0 aromatic heterocycles. The molecule has 4 nitrogen and oxygen atoms in total. The fourth-order valence-corrected chi connectivity index (χ4v) is 8.90. The van der Waals surface area contributed by atoms with Crippen molar-refractivity contribution < 1.29 is 19.1 Å². The van der Waals surface area contributed by atoms with Crippen molar-refractivity contribution in [3.63, 3.8) is 0 Å². The predicted octanol–water partition coefficient (Wildman–Crippen LogP) is 7.65. The quantitative estimate of drug-likeness (QED) is 0.312. The van der Waals surface area contributed by atoms with Gasteiger partial charge in [-0.3, -0.25) is 0 Å². The minimum absolute atomic E-state index is 0.000158. The van der Waals surface area contributed by atoms with Gasteiger partial charge in [0, 0.05) is 5.41 Å². The van der Waals surface area contributed by atoms with Crippen LogP contribution in [0.25, 0.3) is 0 Å². The molecular weight excluding hydrogens is 472 g/mol. The summed E-state index contributed by atoms with van der Waals surface area (Å²) in [6.45, 7) is 9.53. The molecule has 0 radical (unpaired) electrons. The van der Waals surface area contributed by atoms with E-state index in [0.717, 1.165) is 51.4 Å². The number of esters is 2. The van der Waals surface area contributed by atoms with Gasteiger partial charge in [-0.25, -0.2) is 9.59 Å². The lowest BCUT2D eigenvalue weighted by Gasteiger charge is -2.61. The third kappa shape index (κ3) is 4.21. The molecule has 200 valence electrons. The number of hydrogen-bond donors (Lipinski definition) is 0. The van der Waals surface area contributed by atoms with Crippen molar-refractivity contribution in [1.82, 2.24) is 0 Å². The van der Waals surface area contributed by atoms with E-state index in [2.05, 4.69) is 20.4 Å². The Hall–Kier alpha value is -2.88. The maximum absolute atomic E-state index is 12.9. The first-order valence-electron chi connectivity index (χ1n) is 14.5. The van der Waals surface area contributed by atoms with Gasteiger partial charge in [0.05, 0.1) is 11.1 Å². The maximum Gasteiger partial charge on any atom is 0.338 e. The third-order valence-corrected chi connectivity index (χ3v) is 11.0. The van der Waals surface area contributed by atoms with Gasteiger partial charge in [0.25, 0.3) is 0 Å². The highest BCUT2D eigenvalue weighted by Crippen LogP contribution is 2.67. The predicted molar refractivity (Wildman–Crippen MR) is 148 cm³/mol. The van der Waals surface area contributed by atoms with E-state index in [1.165, 1.54) is 5.57 Å². The van der Waals surface area contributed by atoms with Crippen LogP contribution >= 0.6 is 0 Å². The van der Waals surface area contributed by atoms with Crippen LogP contribution in [-0.4, -0.2) is 24.1 Å². The average Bonchev–Trinajstić information content (AvgIpc) is 3.26. The van der Waals surface area contributed by atoms with Crippen molar-refractivity contribution in [2.24, 2.45) is 34.5 Å². The second-order valence-electron chi connectivity index (χ2n) is 12.9. The summed E-state index contributed by atoms with van der Waals surface area (Å²) >= 11 is 0. The number of carbonyl (C=O) groups is 2.